The lowest BCUT2D eigenvalue weighted by molar-refractivity contribution is 0.0986. The highest BCUT2D eigenvalue weighted by Crippen LogP contribution is 2.37. The van der Waals surface area contributed by atoms with E-state index in [1.165, 1.54) is 0 Å². The van der Waals surface area contributed by atoms with Gasteiger partial charge in [-0.05, 0) is 50.6 Å². The fraction of sp³-hybridized carbons (Fsp3) is 0.286. The lowest BCUT2D eigenvalue weighted by Crippen LogP contribution is -2.32. The number of aromatic nitrogens is 2. The van der Waals surface area contributed by atoms with Gasteiger partial charge in [-0.1, -0.05) is 19.1 Å². The Hall–Kier alpha value is -2.40. The maximum atomic E-state index is 13.3. The van der Waals surface area contributed by atoms with Crippen molar-refractivity contribution in [3.05, 3.63) is 59.4 Å². The number of carbonyl (C=O) groups excluding carboxylic acids is 1. The maximum absolute atomic E-state index is 13.3. The predicted molar refractivity (Wildman–Crippen MR) is 107 cm³/mol. The molecule has 0 bridgehead atoms. The molecule has 1 aromatic heterocycles. The summed E-state index contributed by atoms with van der Waals surface area (Å²) in [6.07, 6.45) is 0.969. The van der Waals surface area contributed by atoms with Crippen molar-refractivity contribution in [3.63, 3.8) is 0 Å². The van der Waals surface area contributed by atoms with Gasteiger partial charge in [-0.15, -0.1) is 11.8 Å². The monoisotopic (exact) mass is 363 g/mol. The number of hydrogen-bond donors (Lipinski definition) is 0. The largest absolute Gasteiger partial charge is 0.307 e. The van der Waals surface area contributed by atoms with Crippen LogP contribution in [-0.2, 0) is 0 Å². The number of anilines is 1. The van der Waals surface area contributed by atoms with Gasteiger partial charge < -0.3 is 4.90 Å². The minimum atomic E-state index is 0.0223. The van der Waals surface area contributed by atoms with Gasteiger partial charge in [-0.2, -0.15) is 0 Å². The van der Waals surface area contributed by atoms with Crippen molar-refractivity contribution in [2.75, 3.05) is 11.4 Å². The molecule has 0 saturated carbocycles. The molecule has 132 valence electrons. The second kappa shape index (κ2) is 6.72. The topological polar surface area (TPSA) is 46.1 Å². The molecule has 1 amide bonds. The zero-order chi connectivity index (χ0) is 18.3. The molecule has 3 aromatic rings. The molecule has 4 nitrogen and oxygen atoms in total. The zero-order valence-corrected chi connectivity index (χ0v) is 16.0. The summed E-state index contributed by atoms with van der Waals surface area (Å²) in [6.45, 7) is 6.83. The van der Waals surface area contributed by atoms with Gasteiger partial charge in [0.15, 0.2) is 0 Å². The van der Waals surface area contributed by atoms with Crippen molar-refractivity contribution in [1.82, 2.24) is 9.97 Å². The van der Waals surface area contributed by atoms with Crippen molar-refractivity contribution < 1.29 is 4.79 Å². The number of amides is 1. The third-order valence-corrected chi connectivity index (χ3v) is 6.05. The van der Waals surface area contributed by atoms with Crippen LogP contribution in [0.2, 0.25) is 0 Å². The number of thioether (sulfide) groups is 1. The second-order valence-electron chi connectivity index (χ2n) is 6.74. The molecule has 1 aliphatic rings. The first kappa shape index (κ1) is 17.0. The number of carbonyl (C=O) groups is 1. The number of nitrogens with zero attached hydrogens (tertiary/aromatic N) is 3. The third-order valence-electron chi connectivity index (χ3n) is 4.81. The van der Waals surface area contributed by atoms with Crippen LogP contribution in [-0.4, -0.2) is 27.7 Å². The molecular weight excluding hydrogens is 342 g/mol. The molecule has 0 spiro atoms. The molecule has 0 saturated heterocycles. The lowest BCUT2D eigenvalue weighted by Gasteiger charge is -2.22. The Morgan fingerprint density at radius 2 is 1.81 bits per heavy atom. The van der Waals surface area contributed by atoms with Crippen LogP contribution in [0, 0.1) is 13.8 Å². The summed E-state index contributed by atoms with van der Waals surface area (Å²) in [4.78, 5) is 25.5. The number of benzene rings is 2. The first-order chi connectivity index (χ1) is 12.5. The van der Waals surface area contributed by atoms with Crippen LogP contribution < -0.4 is 4.90 Å². The summed E-state index contributed by atoms with van der Waals surface area (Å²) < 4.78 is 0. The van der Waals surface area contributed by atoms with Crippen LogP contribution in [0.25, 0.3) is 11.0 Å². The van der Waals surface area contributed by atoms with E-state index in [2.05, 4.69) is 23.0 Å². The summed E-state index contributed by atoms with van der Waals surface area (Å²) in [6, 6.07) is 13.8. The Kier molecular flexibility index (Phi) is 4.41. The summed E-state index contributed by atoms with van der Waals surface area (Å²) in [5, 5.41) is 0.488. The minimum absolute atomic E-state index is 0.0223. The molecule has 0 N–H and O–H groups in total. The van der Waals surface area contributed by atoms with E-state index < -0.39 is 0 Å². The normalized spacial score (nSPS) is 17.0. The molecule has 26 heavy (non-hydrogen) atoms. The minimum Gasteiger partial charge on any atom is -0.307 e. The SMILES string of the molecule is Cc1nc2ccc(C(=O)N3CCC(C)Sc4ccccc43)cc2nc1C. The number of para-hydroxylation sites is 1. The van der Waals surface area contributed by atoms with E-state index in [0.717, 1.165) is 46.0 Å². The number of aryl methyl sites for hydroxylation is 2. The van der Waals surface area contributed by atoms with Crippen LogP contribution >= 0.6 is 11.8 Å². The van der Waals surface area contributed by atoms with Crippen LogP contribution in [0.15, 0.2) is 47.4 Å². The third kappa shape index (κ3) is 3.07. The summed E-state index contributed by atoms with van der Waals surface area (Å²) in [5.41, 5.74) is 5.06. The highest BCUT2D eigenvalue weighted by Gasteiger charge is 2.25. The molecule has 1 aliphatic heterocycles. The predicted octanol–water partition coefficient (Wildman–Crippen LogP) is 4.78. The van der Waals surface area contributed by atoms with E-state index in [0.29, 0.717) is 10.8 Å². The summed E-state index contributed by atoms with van der Waals surface area (Å²) >= 11 is 1.84. The van der Waals surface area contributed by atoms with Crippen molar-refractivity contribution >= 4 is 34.4 Å². The van der Waals surface area contributed by atoms with Crippen LogP contribution in [0.1, 0.15) is 35.1 Å². The molecule has 1 unspecified atom stereocenters. The average molecular weight is 363 g/mol. The van der Waals surface area contributed by atoms with Gasteiger partial charge in [0.25, 0.3) is 5.91 Å². The first-order valence-corrected chi connectivity index (χ1v) is 9.73. The molecular formula is C21H21N3OS. The lowest BCUT2D eigenvalue weighted by atomic mass is 10.1. The Morgan fingerprint density at radius 3 is 2.62 bits per heavy atom. The van der Waals surface area contributed by atoms with E-state index in [-0.39, 0.29) is 5.91 Å². The van der Waals surface area contributed by atoms with Gasteiger partial charge >= 0.3 is 0 Å². The number of rotatable bonds is 1. The summed E-state index contributed by atoms with van der Waals surface area (Å²) in [5.74, 6) is 0.0223. The molecule has 5 heteroatoms. The number of fused-ring (bicyclic) bond motifs is 2. The maximum Gasteiger partial charge on any atom is 0.258 e. The highest BCUT2D eigenvalue weighted by atomic mass is 32.2. The van der Waals surface area contributed by atoms with Gasteiger partial charge in [0, 0.05) is 22.3 Å². The summed E-state index contributed by atoms with van der Waals surface area (Å²) in [7, 11) is 0. The van der Waals surface area contributed by atoms with E-state index >= 15 is 0 Å². The van der Waals surface area contributed by atoms with Gasteiger partial charge in [0.2, 0.25) is 0 Å². The van der Waals surface area contributed by atoms with Crippen LogP contribution in [0.4, 0.5) is 5.69 Å². The zero-order valence-electron chi connectivity index (χ0n) is 15.2. The van der Waals surface area contributed by atoms with E-state index in [1.54, 1.807) is 0 Å². The Balaban J connectivity index is 1.75. The Bertz CT molecular complexity index is 1000. The van der Waals surface area contributed by atoms with Crippen molar-refractivity contribution in [2.45, 2.75) is 37.3 Å². The van der Waals surface area contributed by atoms with Crippen molar-refractivity contribution in [1.29, 1.82) is 0 Å². The van der Waals surface area contributed by atoms with Gasteiger partial charge in [0.1, 0.15) is 0 Å². The molecule has 4 rings (SSSR count). The standard InChI is InChI=1S/C21H21N3OS/c1-13-10-11-24(19-6-4-5-7-20(19)26-13)21(25)16-8-9-17-18(12-16)23-15(3)14(2)22-17/h4-9,12-13H,10-11H2,1-3H3. The highest BCUT2D eigenvalue weighted by molar-refractivity contribution is 8.00. The molecule has 2 heterocycles. The van der Waals surface area contributed by atoms with Crippen LogP contribution in [0.5, 0.6) is 0 Å². The van der Waals surface area contributed by atoms with Crippen molar-refractivity contribution in [2.24, 2.45) is 0 Å². The fourth-order valence-electron chi connectivity index (χ4n) is 3.22. The fourth-order valence-corrected chi connectivity index (χ4v) is 4.33. The van der Waals surface area contributed by atoms with Gasteiger partial charge in [0.05, 0.1) is 28.1 Å². The Labute approximate surface area is 157 Å². The van der Waals surface area contributed by atoms with Gasteiger partial charge in [-0.3, -0.25) is 4.79 Å². The molecule has 0 aliphatic carbocycles. The first-order valence-electron chi connectivity index (χ1n) is 8.85. The van der Waals surface area contributed by atoms with E-state index in [1.807, 2.05) is 66.9 Å². The number of hydrogen-bond acceptors (Lipinski definition) is 4. The van der Waals surface area contributed by atoms with Crippen LogP contribution in [0.3, 0.4) is 0 Å². The quantitative estimate of drug-likeness (QED) is 0.624. The van der Waals surface area contributed by atoms with Gasteiger partial charge in [-0.25, -0.2) is 9.97 Å². The molecule has 2 aromatic carbocycles. The molecule has 0 radical (unpaired) electrons. The van der Waals surface area contributed by atoms with E-state index in [9.17, 15) is 4.79 Å². The molecule has 1 atom stereocenters. The second-order valence-corrected chi connectivity index (χ2v) is 8.22. The molecule has 0 fully saturated rings. The average Bonchev–Trinajstić information content (AvgIpc) is 2.80. The van der Waals surface area contributed by atoms with Crippen molar-refractivity contribution in [3.8, 4) is 0 Å². The smallest absolute Gasteiger partial charge is 0.258 e. The Morgan fingerprint density at radius 1 is 1.08 bits per heavy atom. The van der Waals surface area contributed by atoms with E-state index in [4.69, 9.17) is 0 Å².